The summed E-state index contributed by atoms with van der Waals surface area (Å²) >= 11 is 0. The lowest BCUT2D eigenvalue weighted by Gasteiger charge is -2.17. The van der Waals surface area contributed by atoms with Crippen LogP contribution < -0.4 is 0 Å². The normalized spacial score (nSPS) is 11.6. The molecule has 0 N–H and O–H groups in total. The third-order valence-electron chi connectivity index (χ3n) is 12.2. The van der Waals surface area contributed by atoms with Gasteiger partial charge in [0.05, 0.1) is 27.8 Å². The number of fused-ring (bicyclic) bond motifs is 6. The zero-order chi connectivity index (χ0) is 41.9. The lowest BCUT2D eigenvalue weighted by molar-refractivity contribution is 1.06. The van der Waals surface area contributed by atoms with Crippen LogP contribution in [0.25, 0.3) is 111 Å². The molecule has 0 saturated carbocycles. The van der Waals surface area contributed by atoms with Gasteiger partial charge in [0.2, 0.25) is 0 Å². The molecule has 0 atom stereocenters. The molecule has 0 saturated heterocycles. The highest BCUT2D eigenvalue weighted by molar-refractivity contribution is 6.14. The van der Waals surface area contributed by atoms with Gasteiger partial charge in [-0.05, 0) is 72.1 Å². The van der Waals surface area contributed by atoms with Crippen molar-refractivity contribution >= 4 is 43.6 Å². The molecule has 0 radical (unpaired) electrons. The maximum Gasteiger partial charge on any atom is 0.166 e. The zero-order valence-electron chi connectivity index (χ0n) is 34.5. The van der Waals surface area contributed by atoms with E-state index in [9.17, 15) is 0 Å². The molecule has 0 amide bonds. The van der Waals surface area contributed by atoms with Crippen LogP contribution in [0.5, 0.6) is 0 Å². The largest absolute Gasteiger partial charge is 0.309 e. The second-order valence-electron chi connectivity index (χ2n) is 16.1. The molecule has 3 heterocycles. The third kappa shape index (κ3) is 6.21. The van der Waals surface area contributed by atoms with Crippen LogP contribution in [0.1, 0.15) is 5.56 Å². The first-order valence-corrected chi connectivity index (χ1v) is 21.4. The van der Waals surface area contributed by atoms with Crippen LogP contribution in [0, 0.1) is 6.92 Å². The Kier molecular flexibility index (Phi) is 8.64. The first-order valence-electron chi connectivity index (χ1n) is 21.4. The van der Waals surface area contributed by atoms with E-state index in [1.54, 1.807) is 0 Å². The quantitative estimate of drug-likeness (QED) is 0.161. The molecule has 3 aromatic heterocycles. The molecule has 5 heteroatoms. The Morgan fingerprint density at radius 2 is 0.841 bits per heavy atom. The van der Waals surface area contributed by atoms with Crippen LogP contribution in [0.2, 0.25) is 0 Å². The van der Waals surface area contributed by atoms with Crippen molar-refractivity contribution in [3.63, 3.8) is 0 Å². The number of rotatable bonds is 7. The first-order chi connectivity index (χ1) is 31.2. The Balaban J connectivity index is 1.17. The van der Waals surface area contributed by atoms with Crippen LogP contribution in [0.15, 0.2) is 218 Å². The van der Waals surface area contributed by atoms with Crippen LogP contribution in [0.3, 0.4) is 0 Å². The molecule has 12 aromatic rings. The molecule has 5 nitrogen and oxygen atoms in total. The summed E-state index contributed by atoms with van der Waals surface area (Å²) < 4.78 is 4.79. The molecule has 0 bridgehead atoms. The van der Waals surface area contributed by atoms with Gasteiger partial charge in [-0.1, -0.05) is 175 Å². The predicted molar refractivity (Wildman–Crippen MR) is 260 cm³/mol. The van der Waals surface area contributed by atoms with Crippen molar-refractivity contribution in [3.8, 4) is 67.8 Å². The van der Waals surface area contributed by atoms with Crippen molar-refractivity contribution in [1.29, 1.82) is 0 Å². The summed E-state index contributed by atoms with van der Waals surface area (Å²) in [5, 5.41) is 4.77. The maximum absolute atomic E-state index is 5.35. The van der Waals surface area contributed by atoms with Crippen molar-refractivity contribution in [1.82, 2.24) is 24.1 Å². The van der Waals surface area contributed by atoms with Gasteiger partial charge in [0.25, 0.3) is 0 Å². The van der Waals surface area contributed by atoms with Gasteiger partial charge >= 0.3 is 0 Å². The van der Waals surface area contributed by atoms with Crippen LogP contribution in [0.4, 0.5) is 0 Å². The van der Waals surface area contributed by atoms with Crippen LogP contribution in [-0.4, -0.2) is 24.1 Å². The molecule has 0 fully saturated rings. The van der Waals surface area contributed by atoms with E-state index < -0.39 is 0 Å². The fourth-order valence-electron chi connectivity index (χ4n) is 9.34. The number of benzene rings is 9. The zero-order valence-corrected chi connectivity index (χ0v) is 34.5. The summed E-state index contributed by atoms with van der Waals surface area (Å²) in [5.74, 6) is 1.83. The van der Waals surface area contributed by atoms with Crippen molar-refractivity contribution in [3.05, 3.63) is 224 Å². The summed E-state index contributed by atoms with van der Waals surface area (Å²) in [5.41, 5.74) is 15.2. The highest BCUT2D eigenvalue weighted by Crippen LogP contribution is 2.42. The summed E-state index contributed by atoms with van der Waals surface area (Å²) in [6, 6.07) is 77.5. The average molecular weight is 806 g/mol. The molecule has 0 unspecified atom stereocenters. The van der Waals surface area contributed by atoms with Crippen LogP contribution >= 0.6 is 0 Å². The van der Waals surface area contributed by atoms with E-state index in [0.717, 1.165) is 61.3 Å². The molecular weight excluding hydrogens is 767 g/mol. The Hall–Kier alpha value is -8.41. The molecule has 12 rings (SSSR count). The fraction of sp³-hybridized carbons (Fsp3) is 0.0172. The van der Waals surface area contributed by atoms with Gasteiger partial charge in [0.1, 0.15) is 0 Å². The minimum absolute atomic E-state index is 0.595. The number of hydrogen-bond donors (Lipinski definition) is 0. The summed E-state index contributed by atoms with van der Waals surface area (Å²) in [4.78, 5) is 15.8. The van der Waals surface area contributed by atoms with E-state index in [1.807, 2.05) is 36.4 Å². The summed E-state index contributed by atoms with van der Waals surface area (Å²) in [7, 11) is 0. The second-order valence-corrected chi connectivity index (χ2v) is 16.1. The van der Waals surface area contributed by atoms with E-state index in [0.29, 0.717) is 17.5 Å². The van der Waals surface area contributed by atoms with Crippen molar-refractivity contribution in [2.75, 3.05) is 0 Å². The number of aryl methyl sites for hydroxylation is 1. The highest BCUT2D eigenvalue weighted by atomic mass is 15.1. The van der Waals surface area contributed by atoms with Gasteiger partial charge in [-0.25, -0.2) is 15.0 Å². The Labute approximate surface area is 364 Å². The lowest BCUT2D eigenvalue weighted by Crippen LogP contribution is -2.04. The topological polar surface area (TPSA) is 48.5 Å². The van der Waals surface area contributed by atoms with Gasteiger partial charge in [-0.2, -0.15) is 0 Å². The van der Waals surface area contributed by atoms with Crippen molar-refractivity contribution < 1.29 is 0 Å². The Morgan fingerprint density at radius 3 is 1.54 bits per heavy atom. The highest BCUT2D eigenvalue weighted by Gasteiger charge is 2.23. The molecule has 0 aliphatic rings. The smallest absolute Gasteiger partial charge is 0.166 e. The Bertz CT molecular complexity index is 3620. The number of aromatic nitrogens is 5. The van der Waals surface area contributed by atoms with E-state index in [2.05, 4.69) is 198 Å². The SMILES string of the molecule is Cc1cccc(-c2ccc3c(c2)c2ccccc2n3-c2ccc(-c3cccc4c5ccccc5n(-c5ccccc5)c34)cc2-c2nc(-c3ccccc3)nc(-c3ccccc3)n2)c1. The fourth-order valence-corrected chi connectivity index (χ4v) is 9.34. The summed E-state index contributed by atoms with van der Waals surface area (Å²) in [6.07, 6.45) is 0. The van der Waals surface area contributed by atoms with Gasteiger partial charge in [-0.3, -0.25) is 0 Å². The maximum atomic E-state index is 5.35. The van der Waals surface area contributed by atoms with Gasteiger partial charge < -0.3 is 9.13 Å². The minimum Gasteiger partial charge on any atom is -0.309 e. The molecule has 0 aliphatic heterocycles. The second kappa shape index (κ2) is 14.9. The predicted octanol–water partition coefficient (Wildman–Crippen LogP) is 14.7. The third-order valence-corrected chi connectivity index (χ3v) is 12.2. The Morgan fingerprint density at radius 1 is 0.317 bits per heavy atom. The van der Waals surface area contributed by atoms with Crippen LogP contribution in [-0.2, 0) is 0 Å². The minimum atomic E-state index is 0.595. The molecular formula is C58H39N5. The average Bonchev–Trinajstić information content (AvgIpc) is 3.87. The van der Waals surface area contributed by atoms with E-state index in [1.165, 1.54) is 38.2 Å². The van der Waals surface area contributed by atoms with Crippen molar-refractivity contribution in [2.24, 2.45) is 0 Å². The first kappa shape index (κ1) is 36.4. The number of para-hydroxylation sites is 4. The van der Waals surface area contributed by atoms with Gasteiger partial charge in [0.15, 0.2) is 17.5 Å². The standard InChI is InChI=1S/C58H39N5/c1-38-17-15-22-41(35-38)42-31-33-53-49(36-42)47-26-12-14-30-52(47)63(53)54-34-32-43(45-27-16-28-48-46-25-11-13-29-51(46)62(55(45)48)44-23-9-4-10-24-44)37-50(54)58-60-56(39-18-5-2-6-19-39)59-57(61-58)40-20-7-3-8-21-40/h2-37H,1H3. The van der Waals surface area contributed by atoms with E-state index in [4.69, 9.17) is 15.0 Å². The molecule has 63 heavy (non-hydrogen) atoms. The molecule has 296 valence electrons. The molecule has 9 aromatic carbocycles. The van der Waals surface area contributed by atoms with Crippen molar-refractivity contribution in [2.45, 2.75) is 6.92 Å². The molecule has 0 aliphatic carbocycles. The van der Waals surface area contributed by atoms with E-state index >= 15 is 0 Å². The van der Waals surface area contributed by atoms with Gasteiger partial charge in [0, 0.05) is 49.5 Å². The monoisotopic (exact) mass is 805 g/mol. The van der Waals surface area contributed by atoms with E-state index in [-0.39, 0.29) is 0 Å². The molecule has 0 spiro atoms. The number of hydrogen-bond acceptors (Lipinski definition) is 3. The summed E-state index contributed by atoms with van der Waals surface area (Å²) in [6.45, 7) is 2.15. The van der Waals surface area contributed by atoms with Gasteiger partial charge in [-0.15, -0.1) is 0 Å². The lowest BCUT2D eigenvalue weighted by atomic mass is 9.98. The number of nitrogens with zero attached hydrogens (tertiary/aromatic N) is 5.